The normalized spacial score (nSPS) is 21.1. The third-order valence-electron chi connectivity index (χ3n) is 2.43. The van der Waals surface area contributed by atoms with E-state index >= 15 is 0 Å². The fourth-order valence-electron chi connectivity index (χ4n) is 1.72. The minimum absolute atomic E-state index is 0.878. The second-order valence-corrected chi connectivity index (χ2v) is 5.13. The van der Waals surface area contributed by atoms with Crippen LogP contribution in [0.15, 0.2) is 17.0 Å². The summed E-state index contributed by atoms with van der Waals surface area (Å²) in [6, 6.07) is 2.04. The average molecular weight is 228 g/mol. The molecule has 0 amide bonds. The molecule has 2 heterocycles. The molecule has 3 heteroatoms. The Hall–Kier alpha value is -0.310. The summed E-state index contributed by atoms with van der Waals surface area (Å²) in [7, 11) is 0. The van der Waals surface area contributed by atoms with Gasteiger partial charge in [0.1, 0.15) is 0 Å². The van der Waals surface area contributed by atoms with Gasteiger partial charge in [0.2, 0.25) is 0 Å². The lowest BCUT2D eigenvalue weighted by Crippen LogP contribution is -2.13. The van der Waals surface area contributed by atoms with Crippen molar-refractivity contribution in [2.45, 2.75) is 19.3 Å². The zero-order chi connectivity index (χ0) is 9.80. The highest BCUT2D eigenvalue weighted by Gasteiger charge is 2.04. The maximum absolute atomic E-state index is 5.89. The fraction of sp³-hybridized carbons (Fsp3) is 0.455. The summed E-state index contributed by atoms with van der Waals surface area (Å²) < 4.78 is 0.878. The van der Waals surface area contributed by atoms with Crippen molar-refractivity contribution in [1.82, 2.24) is 5.32 Å². The molecule has 0 saturated carbocycles. The summed E-state index contributed by atoms with van der Waals surface area (Å²) in [5.41, 5.74) is 2.81. The van der Waals surface area contributed by atoms with Gasteiger partial charge in [0.25, 0.3) is 0 Å². The predicted octanol–water partition coefficient (Wildman–Crippen LogP) is 3.56. The van der Waals surface area contributed by atoms with Gasteiger partial charge in [0, 0.05) is 0 Å². The van der Waals surface area contributed by atoms with Crippen LogP contribution in [0.25, 0.3) is 6.08 Å². The highest BCUT2D eigenvalue weighted by Crippen LogP contribution is 2.24. The Balaban J connectivity index is 2.08. The standard InChI is InChI=1S/C11H14ClNS/c12-11-7-10(8-14-11)6-9-2-1-4-13-5-3-9/h6-8,13H,1-5H2/b9-6-. The molecule has 0 spiro atoms. The second-order valence-electron chi connectivity index (χ2n) is 3.59. The molecule has 0 aromatic carbocycles. The van der Waals surface area contributed by atoms with Crippen molar-refractivity contribution in [3.8, 4) is 0 Å². The molecular formula is C11H14ClNS. The van der Waals surface area contributed by atoms with E-state index in [0.717, 1.165) is 17.4 Å². The van der Waals surface area contributed by atoms with Crippen LogP contribution in [0.3, 0.4) is 0 Å². The fourth-order valence-corrected chi connectivity index (χ4v) is 2.57. The highest BCUT2D eigenvalue weighted by atomic mass is 35.5. The van der Waals surface area contributed by atoms with E-state index in [1.54, 1.807) is 16.9 Å². The Morgan fingerprint density at radius 3 is 3.07 bits per heavy atom. The molecule has 1 fully saturated rings. The number of thiophene rings is 1. The first-order valence-corrected chi connectivity index (χ1v) is 6.24. The zero-order valence-corrected chi connectivity index (χ0v) is 9.63. The summed E-state index contributed by atoms with van der Waals surface area (Å²) in [5.74, 6) is 0. The van der Waals surface area contributed by atoms with Gasteiger partial charge in [-0.15, -0.1) is 11.3 Å². The van der Waals surface area contributed by atoms with Crippen molar-refractivity contribution in [3.05, 3.63) is 26.9 Å². The van der Waals surface area contributed by atoms with Gasteiger partial charge >= 0.3 is 0 Å². The Kier molecular flexibility index (Phi) is 3.62. The number of hydrogen-bond acceptors (Lipinski definition) is 2. The quantitative estimate of drug-likeness (QED) is 0.774. The van der Waals surface area contributed by atoms with Crippen LogP contribution in [0.1, 0.15) is 24.8 Å². The molecule has 0 bridgehead atoms. The van der Waals surface area contributed by atoms with Gasteiger partial charge in [-0.3, -0.25) is 0 Å². The molecule has 0 atom stereocenters. The molecule has 1 aromatic rings. The summed E-state index contributed by atoms with van der Waals surface area (Å²) in [4.78, 5) is 0. The molecule has 2 rings (SSSR count). The average Bonchev–Trinajstić information content (AvgIpc) is 2.43. The van der Waals surface area contributed by atoms with E-state index < -0.39 is 0 Å². The van der Waals surface area contributed by atoms with Crippen molar-refractivity contribution in [1.29, 1.82) is 0 Å². The van der Waals surface area contributed by atoms with Crippen molar-refractivity contribution < 1.29 is 0 Å². The van der Waals surface area contributed by atoms with Gasteiger partial charge in [-0.25, -0.2) is 0 Å². The molecule has 1 saturated heterocycles. The summed E-state index contributed by atoms with van der Waals surface area (Å²) >= 11 is 7.49. The third-order valence-corrected chi connectivity index (χ3v) is 3.54. The van der Waals surface area contributed by atoms with E-state index in [2.05, 4.69) is 16.8 Å². The molecule has 76 valence electrons. The zero-order valence-electron chi connectivity index (χ0n) is 8.05. The molecule has 0 aliphatic carbocycles. The van der Waals surface area contributed by atoms with E-state index in [9.17, 15) is 0 Å². The van der Waals surface area contributed by atoms with Gasteiger partial charge in [-0.05, 0) is 49.4 Å². The number of nitrogens with one attached hydrogen (secondary N) is 1. The molecular weight excluding hydrogens is 214 g/mol. The van der Waals surface area contributed by atoms with Crippen LogP contribution in [0.5, 0.6) is 0 Å². The summed E-state index contributed by atoms with van der Waals surface area (Å²) in [5, 5.41) is 5.52. The molecule has 1 aliphatic rings. The number of halogens is 1. The van der Waals surface area contributed by atoms with Crippen LogP contribution < -0.4 is 5.32 Å². The second kappa shape index (κ2) is 4.96. The van der Waals surface area contributed by atoms with Gasteiger partial charge in [-0.2, -0.15) is 0 Å². The van der Waals surface area contributed by atoms with Gasteiger partial charge in [0.15, 0.2) is 0 Å². The Labute approximate surface area is 93.8 Å². The van der Waals surface area contributed by atoms with E-state index in [4.69, 9.17) is 11.6 Å². The maximum atomic E-state index is 5.89. The lowest BCUT2D eigenvalue weighted by molar-refractivity contribution is 0.703. The smallest absolute Gasteiger partial charge is 0.0934 e. The van der Waals surface area contributed by atoms with Crippen LogP contribution >= 0.6 is 22.9 Å². The van der Waals surface area contributed by atoms with Crippen molar-refractivity contribution >= 4 is 29.0 Å². The van der Waals surface area contributed by atoms with Crippen molar-refractivity contribution in [2.75, 3.05) is 13.1 Å². The van der Waals surface area contributed by atoms with Gasteiger partial charge < -0.3 is 5.32 Å². The topological polar surface area (TPSA) is 12.0 Å². The van der Waals surface area contributed by atoms with E-state index in [-0.39, 0.29) is 0 Å². The molecule has 0 radical (unpaired) electrons. The third kappa shape index (κ3) is 2.84. The van der Waals surface area contributed by atoms with Crippen molar-refractivity contribution in [2.24, 2.45) is 0 Å². The first-order chi connectivity index (χ1) is 6.84. The van der Waals surface area contributed by atoms with Crippen LogP contribution in [-0.2, 0) is 0 Å². The van der Waals surface area contributed by atoms with E-state index in [1.165, 1.54) is 24.8 Å². The number of rotatable bonds is 1. The van der Waals surface area contributed by atoms with Crippen LogP contribution in [0, 0.1) is 0 Å². The molecule has 0 unspecified atom stereocenters. The lowest BCUT2D eigenvalue weighted by Gasteiger charge is -2.00. The van der Waals surface area contributed by atoms with Crippen LogP contribution in [0.4, 0.5) is 0 Å². The molecule has 14 heavy (non-hydrogen) atoms. The predicted molar refractivity (Wildman–Crippen MR) is 64.0 cm³/mol. The largest absolute Gasteiger partial charge is 0.316 e. The molecule has 1 aliphatic heterocycles. The summed E-state index contributed by atoms with van der Waals surface area (Å²) in [6.07, 6.45) is 5.94. The molecule has 1 nitrogen and oxygen atoms in total. The molecule has 1 aromatic heterocycles. The minimum atomic E-state index is 0.878. The maximum Gasteiger partial charge on any atom is 0.0934 e. The molecule has 1 N–H and O–H groups in total. The summed E-state index contributed by atoms with van der Waals surface area (Å²) in [6.45, 7) is 2.27. The van der Waals surface area contributed by atoms with Gasteiger partial charge in [-0.1, -0.05) is 23.3 Å². The number of hydrogen-bond donors (Lipinski definition) is 1. The first-order valence-electron chi connectivity index (χ1n) is 4.99. The van der Waals surface area contributed by atoms with Gasteiger partial charge in [0.05, 0.1) is 4.34 Å². The Morgan fingerprint density at radius 1 is 1.36 bits per heavy atom. The van der Waals surface area contributed by atoms with E-state index in [1.807, 2.05) is 6.07 Å². The van der Waals surface area contributed by atoms with Crippen molar-refractivity contribution in [3.63, 3.8) is 0 Å². The SMILES string of the molecule is Clc1cc(/C=C2/CCCNCC2)cs1. The Bertz CT molecular complexity index is 320. The minimum Gasteiger partial charge on any atom is -0.316 e. The lowest BCUT2D eigenvalue weighted by atomic mass is 10.1. The van der Waals surface area contributed by atoms with Crippen LogP contribution in [-0.4, -0.2) is 13.1 Å². The van der Waals surface area contributed by atoms with Crippen LogP contribution in [0.2, 0.25) is 4.34 Å². The monoisotopic (exact) mass is 227 g/mol. The first kappa shape index (κ1) is 10.2. The van der Waals surface area contributed by atoms with E-state index in [0.29, 0.717) is 0 Å². The Morgan fingerprint density at radius 2 is 2.29 bits per heavy atom. The highest BCUT2D eigenvalue weighted by molar-refractivity contribution is 7.14.